The Morgan fingerprint density at radius 2 is 0.545 bits per heavy atom. The van der Waals surface area contributed by atoms with Gasteiger partial charge in [0.05, 0.1) is 8.80 Å². The van der Waals surface area contributed by atoms with Gasteiger partial charge < -0.3 is 0 Å². The second-order valence-electron chi connectivity index (χ2n) is 8.57. The van der Waals surface area contributed by atoms with Gasteiger partial charge in [-0.2, -0.15) is 0 Å². The van der Waals surface area contributed by atoms with Crippen LogP contribution in [0, 0.1) is 0 Å². The van der Waals surface area contributed by atoms with Crippen molar-refractivity contribution >= 4 is 8.80 Å². The van der Waals surface area contributed by atoms with Gasteiger partial charge in [-0.1, -0.05) is 116 Å². The quantitative estimate of drug-likeness (QED) is 0.370. The van der Waals surface area contributed by atoms with E-state index in [4.69, 9.17) is 0 Å². The van der Waals surface area contributed by atoms with E-state index in [-0.39, 0.29) is 8.80 Å². The Bertz CT molecular complexity index is 229. The summed E-state index contributed by atoms with van der Waals surface area (Å²) in [6, 6.07) is 0. The maximum atomic E-state index is 1.63. The van der Waals surface area contributed by atoms with E-state index < -0.39 is 0 Å². The molecule has 3 aliphatic carbocycles. The molecule has 0 spiro atoms. The number of hydrogen-bond acceptors (Lipinski definition) is 0. The third kappa shape index (κ3) is 4.85. The normalized spacial score (nSPS) is 28.2. The SMILES string of the molecule is C1CCCC([Si](C2CCCCCC2)C2CCCCCC2)CC1. The zero-order valence-corrected chi connectivity index (χ0v) is 16.0. The molecule has 127 valence electrons. The van der Waals surface area contributed by atoms with E-state index in [0.29, 0.717) is 0 Å². The van der Waals surface area contributed by atoms with Crippen LogP contribution in [0.4, 0.5) is 0 Å². The minimum absolute atomic E-state index is 0.115. The van der Waals surface area contributed by atoms with E-state index in [1.807, 2.05) is 0 Å². The molecular formula is C21H39Si. The fourth-order valence-corrected chi connectivity index (χ4v) is 11.1. The van der Waals surface area contributed by atoms with E-state index in [1.165, 1.54) is 16.6 Å². The van der Waals surface area contributed by atoms with Crippen LogP contribution in [0.15, 0.2) is 0 Å². The Balaban J connectivity index is 1.72. The second kappa shape index (κ2) is 9.50. The molecule has 0 N–H and O–H groups in total. The minimum atomic E-state index is -0.115. The molecule has 0 atom stereocenters. The van der Waals surface area contributed by atoms with Crippen molar-refractivity contribution in [1.29, 1.82) is 0 Å². The van der Waals surface area contributed by atoms with Crippen molar-refractivity contribution in [2.45, 2.75) is 132 Å². The molecule has 1 heteroatoms. The summed E-state index contributed by atoms with van der Waals surface area (Å²) in [6.07, 6.45) is 28.4. The molecule has 0 amide bonds. The number of hydrogen-bond donors (Lipinski definition) is 0. The monoisotopic (exact) mass is 319 g/mol. The highest BCUT2D eigenvalue weighted by Gasteiger charge is 2.37. The lowest BCUT2D eigenvalue weighted by Crippen LogP contribution is -2.32. The third-order valence-corrected chi connectivity index (χ3v) is 11.5. The van der Waals surface area contributed by atoms with Crippen molar-refractivity contribution in [1.82, 2.24) is 0 Å². The van der Waals surface area contributed by atoms with Crippen molar-refractivity contribution in [3.05, 3.63) is 0 Å². The van der Waals surface area contributed by atoms with Crippen LogP contribution in [0.2, 0.25) is 16.6 Å². The Kier molecular flexibility index (Phi) is 7.36. The molecule has 0 aromatic carbocycles. The topological polar surface area (TPSA) is 0 Å². The van der Waals surface area contributed by atoms with E-state index >= 15 is 0 Å². The average molecular weight is 320 g/mol. The van der Waals surface area contributed by atoms with Crippen molar-refractivity contribution in [2.24, 2.45) is 0 Å². The summed E-state index contributed by atoms with van der Waals surface area (Å²) in [6.45, 7) is 0. The summed E-state index contributed by atoms with van der Waals surface area (Å²) in [5.74, 6) is 0. The van der Waals surface area contributed by atoms with Crippen LogP contribution in [0.1, 0.15) is 116 Å². The van der Waals surface area contributed by atoms with E-state index in [1.54, 1.807) is 116 Å². The molecule has 3 aliphatic rings. The van der Waals surface area contributed by atoms with Gasteiger partial charge in [0.1, 0.15) is 0 Å². The van der Waals surface area contributed by atoms with Gasteiger partial charge in [0.2, 0.25) is 0 Å². The van der Waals surface area contributed by atoms with Crippen LogP contribution in [0.3, 0.4) is 0 Å². The van der Waals surface area contributed by atoms with Gasteiger partial charge in [0.15, 0.2) is 0 Å². The summed E-state index contributed by atoms with van der Waals surface area (Å²) in [5.41, 5.74) is 3.62. The van der Waals surface area contributed by atoms with Crippen molar-refractivity contribution in [3.8, 4) is 0 Å². The molecule has 0 aliphatic heterocycles. The van der Waals surface area contributed by atoms with Crippen LogP contribution < -0.4 is 0 Å². The predicted molar refractivity (Wildman–Crippen MR) is 100 cm³/mol. The Hall–Kier alpha value is 0.217. The second-order valence-corrected chi connectivity index (χ2v) is 12.0. The van der Waals surface area contributed by atoms with Crippen LogP contribution in [-0.4, -0.2) is 8.80 Å². The fraction of sp³-hybridized carbons (Fsp3) is 1.00. The summed E-state index contributed by atoms with van der Waals surface area (Å²) >= 11 is 0. The molecule has 3 saturated carbocycles. The molecule has 0 bridgehead atoms. The first kappa shape index (κ1) is 17.1. The lowest BCUT2D eigenvalue weighted by Gasteiger charge is -2.37. The van der Waals surface area contributed by atoms with E-state index in [9.17, 15) is 0 Å². The molecule has 0 saturated heterocycles. The van der Waals surface area contributed by atoms with E-state index in [0.717, 1.165) is 0 Å². The smallest absolute Gasteiger partial charge is 0.0533 e. The average Bonchev–Trinajstić information content (AvgIpc) is 3.04. The number of rotatable bonds is 3. The fourth-order valence-electron chi connectivity index (χ4n) is 5.84. The van der Waals surface area contributed by atoms with Gasteiger partial charge in [-0.15, -0.1) is 0 Å². The van der Waals surface area contributed by atoms with Gasteiger partial charge in [0, 0.05) is 0 Å². The first-order valence-corrected chi connectivity index (χ1v) is 12.5. The first-order valence-electron chi connectivity index (χ1n) is 10.8. The highest BCUT2D eigenvalue weighted by molar-refractivity contribution is 6.63. The molecule has 1 radical (unpaired) electrons. The first-order chi connectivity index (χ1) is 10.9. The van der Waals surface area contributed by atoms with Crippen LogP contribution in [-0.2, 0) is 0 Å². The molecule has 3 fully saturated rings. The zero-order valence-electron chi connectivity index (χ0n) is 15.0. The van der Waals surface area contributed by atoms with Gasteiger partial charge in [-0.25, -0.2) is 0 Å². The zero-order chi connectivity index (χ0) is 15.0. The van der Waals surface area contributed by atoms with Gasteiger partial charge in [-0.05, 0) is 16.6 Å². The lowest BCUT2D eigenvalue weighted by atomic mass is 10.2. The standard InChI is InChI=1S/C21H39Si/c1-2-8-14-19(13-7-1)22(20-15-9-3-4-10-16-20)21-17-11-5-6-12-18-21/h19-21H,1-18H2. The molecule has 0 nitrogen and oxygen atoms in total. The Morgan fingerprint density at radius 3 is 0.773 bits per heavy atom. The maximum absolute atomic E-state index is 1.63. The van der Waals surface area contributed by atoms with Crippen molar-refractivity contribution in [3.63, 3.8) is 0 Å². The van der Waals surface area contributed by atoms with Crippen LogP contribution in [0.25, 0.3) is 0 Å². The summed E-state index contributed by atoms with van der Waals surface area (Å²) < 4.78 is 0. The van der Waals surface area contributed by atoms with E-state index in [2.05, 4.69) is 0 Å². The minimum Gasteiger partial charge on any atom is -0.0533 e. The van der Waals surface area contributed by atoms with Crippen LogP contribution >= 0.6 is 0 Å². The van der Waals surface area contributed by atoms with Crippen LogP contribution in [0.5, 0.6) is 0 Å². The molecule has 0 unspecified atom stereocenters. The molecule has 0 heterocycles. The Labute approximate surface area is 141 Å². The highest BCUT2D eigenvalue weighted by atomic mass is 28.3. The summed E-state index contributed by atoms with van der Waals surface area (Å²) in [7, 11) is -0.115. The molecule has 3 rings (SSSR count). The lowest BCUT2D eigenvalue weighted by molar-refractivity contribution is 0.575. The Morgan fingerprint density at radius 1 is 0.318 bits per heavy atom. The summed E-state index contributed by atoms with van der Waals surface area (Å²) in [4.78, 5) is 0. The molecule has 22 heavy (non-hydrogen) atoms. The molecular weight excluding hydrogens is 280 g/mol. The third-order valence-electron chi connectivity index (χ3n) is 6.98. The van der Waals surface area contributed by atoms with Gasteiger partial charge in [0.25, 0.3) is 0 Å². The molecule has 0 aromatic heterocycles. The molecule has 0 aromatic rings. The largest absolute Gasteiger partial charge is 0.0578 e. The highest BCUT2D eigenvalue weighted by Crippen LogP contribution is 2.48. The van der Waals surface area contributed by atoms with Gasteiger partial charge >= 0.3 is 0 Å². The summed E-state index contributed by atoms with van der Waals surface area (Å²) in [5, 5.41) is 0. The maximum Gasteiger partial charge on any atom is 0.0578 e. The predicted octanol–water partition coefficient (Wildman–Crippen LogP) is 7.65. The van der Waals surface area contributed by atoms with Crippen molar-refractivity contribution < 1.29 is 0 Å². The van der Waals surface area contributed by atoms with Crippen molar-refractivity contribution in [2.75, 3.05) is 0 Å². The van der Waals surface area contributed by atoms with Gasteiger partial charge in [-0.3, -0.25) is 0 Å².